The highest BCUT2D eigenvalue weighted by atomic mass is 16.6. The average molecular weight is 464 g/mol. The van der Waals surface area contributed by atoms with E-state index in [1.54, 1.807) is 0 Å². The molecule has 2 fully saturated rings. The molecule has 2 aliphatic heterocycles. The zero-order chi connectivity index (χ0) is 24.0. The molecule has 2 heterocycles. The lowest BCUT2D eigenvalue weighted by molar-refractivity contribution is -0.0274. The normalized spacial score (nSPS) is 19.7. The molecule has 5 heteroatoms. The van der Waals surface area contributed by atoms with Gasteiger partial charge in [-0.25, -0.2) is 4.79 Å². The number of amides is 1. The van der Waals surface area contributed by atoms with Crippen LogP contribution in [0.2, 0.25) is 0 Å². The van der Waals surface area contributed by atoms with Crippen LogP contribution in [0.4, 0.5) is 4.79 Å². The van der Waals surface area contributed by atoms with Crippen LogP contribution >= 0.6 is 0 Å². The summed E-state index contributed by atoms with van der Waals surface area (Å²) in [5.74, 6) is 0. The highest BCUT2D eigenvalue weighted by Gasteiger charge is 2.42. The van der Waals surface area contributed by atoms with Gasteiger partial charge in [-0.2, -0.15) is 0 Å². The van der Waals surface area contributed by atoms with E-state index >= 15 is 0 Å². The second-order valence-electron chi connectivity index (χ2n) is 10.9. The van der Waals surface area contributed by atoms with E-state index in [4.69, 9.17) is 4.74 Å². The van der Waals surface area contributed by atoms with Crippen molar-refractivity contribution in [1.82, 2.24) is 14.7 Å². The van der Waals surface area contributed by atoms with Gasteiger partial charge in [0.1, 0.15) is 5.60 Å². The minimum atomic E-state index is -0.450. The molecule has 184 valence electrons. The van der Waals surface area contributed by atoms with E-state index in [0.717, 1.165) is 71.5 Å². The molecule has 0 aliphatic carbocycles. The molecule has 1 amide bonds. The van der Waals surface area contributed by atoms with Gasteiger partial charge in [-0.1, -0.05) is 60.7 Å². The fourth-order valence-electron chi connectivity index (χ4n) is 5.40. The Morgan fingerprint density at radius 1 is 0.824 bits per heavy atom. The molecule has 0 unspecified atom stereocenters. The van der Waals surface area contributed by atoms with Gasteiger partial charge in [-0.15, -0.1) is 0 Å². The van der Waals surface area contributed by atoms with Gasteiger partial charge in [0.15, 0.2) is 0 Å². The van der Waals surface area contributed by atoms with Crippen molar-refractivity contribution in [2.75, 3.05) is 39.3 Å². The van der Waals surface area contributed by atoms with Crippen LogP contribution in [0.25, 0.3) is 0 Å². The third-order valence-corrected chi connectivity index (χ3v) is 7.36. The number of carbonyl (C=O) groups is 1. The fraction of sp³-hybridized carbons (Fsp3) is 0.552. The highest BCUT2D eigenvalue weighted by molar-refractivity contribution is 5.68. The molecule has 0 bridgehead atoms. The number of hydrogen-bond acceptors (Lipinski definition) is 4. The summed E-state index contributed by atoms with van der Waals surface area (Å²) in [6.45, 7) is 12.8. The number of aryl methyl sites for hydroxylation is 1. The Kier molecular flexibility index (Phi) is 7.95. The van der Waals surface area contributed by atoms with Crippen molar-refractivity contribution in [3.8, 4) is 0 Å². The molecule has 2 aliphatic rings. The van der Waals surface area contributed by atoms with Crippen molar-refractivity contribution in [1.29, 1.82) is 0 Å². The van der Waals surface area contributed by atoms with E-state index in [1.165, 1.54) is 11.1 Å². The first-order valence-corrected chi connectivity index (χ1v) is 12.9. The summed E-state index contributed by atoms with van der Waals surface area (Å²) < 4.78 is 5.66. The number of hydrogen-bond donors (Lipinski definition) is 0. The predicted molar refractivity (Wildman–Crippen MR) is 138 cm³/mol. The van der Waals surface area contributed by atoms with E-state index in [1.807, 2.05) is 25.7 Å². The molecular weight excluding hydrogens is 422 g/mol. The summed E-state index contributed by atoms with van der Waals surface area (Å²) in [6, 6.07) is 21.6. The Morgan fingerprint density at radius 2 is 1.38 bits per heavy atom. The maximum Gasteiger partial charge on any atom is 0.410 e. The number of ether oxygens (including phenoxy) is 1. The van der Waals surface area contributed by atoms with E-state index in [2.05, 4.69) is 70.5 Å². The van der Waals surface area contributed by atoms with Gasteiger partial charge in [0.25, 0.3) is 0 Å². The molecule has 0 N–H and O–H groups in total. The molecule has 0 saturated carbocycles. The monoisotopic (exact) mass is 463 g/mol. The standard InChI is InChI=1S/C29H41N3O2/c1-28(2,3)34-27(33)31-18-16-29(17-19-31,15-14-25-10-6-4-7-11-25)32-22-20-30(21-23-32)24-26-12-8-5-9-13-26/h4-13H,14-24H2,1-3H3. The first-order valence-electron chi connectivity index (χ1n) is 12.9. The summed E-state index contributed by atoms with van der Waals surface area (Å²) >= 11 is 0. The minimum absolute atomic E-state index is 0.146. The molecule has 2 saturated heterocycles. The van der Waals surface area contributed by atoms with Crippen molar-refractivity contribution in [3.63, 3.8) is 0 Å². The highest BCUT2D eigenvalue weighted by Crippen LogP contribution is 2.35. The third-order valence-electron chi connectivity index (χ3n) is 7.36. The maximum atomic E-state index is 12.7. The molecule has 0 radical (unpaired) electrons. The molecule has 0 spiro atoms. The van der Waals surface area contributed by atoms with Crippen molar-refractivity contribution in [2.45, 2.75) is 64.1 Å². The SMILES string of the molecule is CC(C)(C)OC(=O)N1CCC(CCc2ccccc2)(N2CCN(Cc3ccccc3)CC2)CC1. The molecule has 0 atom stereocenters. The zero-order valence-electron chi connectivity index (χ0n) is 21.2. The van der Waals surface area contributed by atoms with Crippen LogP contribution in [0.1, 0.15) is 51.2 Å². The number of piperidine rings is 1. The summed E-state index contributed by atoms with van der Waals surface area (Å²) in [4.78, 5) is 19.9. The van der Waals surface area contributed by atoms with Crippen molar-refractivity contribution in [2.24, 2.45) is 0 Å². The Bertz CT molecular complexity index is 894. The Morgan fingerprint density at radius 3 is 1.94 bits per heavy atom. The second-order valence-corrected chi connectivity index (χ2v) is 10.9. The number of benzene rings is 2. The van der Waals surface area contributed by atoms with E-state index in [0.29, 0.717) is 0 Å². The average Bonchev–Trinajstić information content (AvgIpc) is 2.84. The van der Waals surface area contributed by atoms with Crippen molar-refractivity contribution >= 4 is 6.09 Å². The van der Waals surface area contributed by atoms with Crippen LogP contribution in [-0.4, -0.2) is 71.2 Å². The lowest BCUT2D eigenvalue weighted by Crippen LogP contribution is -2.61. The predicted octanol–water partition coefficient (Wildman–Crippen LogP) is 5.21. The van der Waals surface area contributed by atoms with Gasteiger partial charge in [-0.05, 0) is 57.6 Å². The fourth-order valence-corrected chi connectivity index (χ4v) is 5.40. The number of piperazine rings is 1. The van der Waals surface area contributed by atoms with Crippen LogP contribution in [0.3, 0.4) is 0 Å². The van der Waals surface area contributed by atoms with E-state index in [9.17, 15) is 4.79 Å². The quantitative estimate of drug-likeness (QED) is 0.589. The van der Waals surface area contributed by atoms with Crippen LogP contribution < -0.4 is 0 Å². The molecule has 2 aromatic carbocycles. The largest absolute Gasteiger partial charge is 0.444 e. The molecule has 4 rings (SSSR count). The Hall–Kier alpha value is -2.37. The van der Waals surface area contributed by atoms with Gasteiger partial charge < -0.3 is 9.64 Å². The summed E-state index contributed by atoms with van der Waals surface area (Å²) in [5.41, 5.74) is 2.49. The Labute approximate surface area is 205 Å². The van der Waals surface area contributed by atoms with Crippen molar-refractivity contribution in [3.05, 3.63) is 71.8 Å². The van der Waals surface area contributed by atoms with Gasteiger partial charge in [0.2, 0.25) is 0 Å². The van der Waals surface area contributed by atoms with Crippen LogP contribution in [0.5, 0.6) is 0 Å². The third kappa shape index (κ3) is 6.61. The number of likely N-dealkylation sites (tertiary alicyclic amines) is 1. The molecule has 2 aromatic rings. The second kappa shape index (κ2) is 10.9. The summed E-state index contributed by atoms with van der Waals surface area (Å²) in [7, 11) is 0. The molecular formula is C29H41N3O2. The van der Waals surface area contributed by atoms with E-state index < -0.39 is 5.60 Å². The van der Waals surface area contributed by atoms with Crippen molar-refractivity contribution < 1.29 is 9.53 Å². The smallest absolute Gasteiger partial charge is 0.410 e. The molecule has 0 aromatic heterocycles. The lowest BCUT2D eigenvalue weighted by Gasteiger charge is -2.51. The first kappa shape index (κ1) is 24.7. The topological polar surface area (TPSA) is 36.0 Å². The summed E-state index contributed by atoms with van der Waals surface area (Å²) in [5, 5.41) is 0. The van der Waals surface area contributed by atoms with Gasteiger partial charge in [0, 0.05) is 51.4 Å². The van der Waals surface area contributed by atoms with Gasteiger partial charge in [0.05, 0.1) is 0 Å². The molecule has 5 nitrogen and oxygen atoms in total. The zero-order valence-corrected chi connectivity index (χ0v) is 21.2. The maximum absolute atomic E-state index is 12.7. The van der Waals surface area contributed by atoms with Crippen LogP contribution in [-0.2, 0) is 17.7 Å². The lowest BCUT2D eigenvalue weighted by atomic mass is 9.80. The number of rotatable bonds is 6. The van der Waals surface area contributed by atoms with Crippen LogP contribution in [0, 0.1) is 0 Å². The number of carbonyl (C=O) groups excluding carboxylic acids is 1. The first-order chi connectivity index (χ1) is 16.3. The van der Waals surface area contributed by atoms with Gasteiger partial charge >= 0.3 is 6.09 Å². The van der Waals surface area contributed by atoms with Gasteiger partial charge in [-0.3, -0.25) is 9.80 Å². The minimum Gasteiger partial charge on any atom is -0.444 e. The Balaban J connectivity index is 1.40. The summed E-state index contributed by atoms with van der Waals surface area (Å²) in [6.07, 6.45) is 4.07. The van der Waals surface area contributed by atoms with E-state index in [-0.39, 0.29) is 11.6 Å². The number of nitrogens with zero attached hydrogens (tertiary/aromatic N) is 3. The van der Waals surface area contributed by atoms with Crippen LogP contribution in [0.15, 0.2) is 60.7 Å². The molecule has 34 heavy (non-hydrogen) atoms.